The number of ether oxygens (including phenoxy) is 17. The molecule has 2 heterocycles. The second-order valence-electron chi connectivity index (χ2n) is 24.7. The van der Waals surface area contributed by atoms with Gasteiger partial charge < -0.3 is 85.6 Å². The standard InChI is InChI=1S/C22H16F10O7.C19H16Br2F5NO7.C19H18F5NO7.C16H17F5O7/c23-11-13(25)17(29)21(18(30)14(11)26)38-9(33)1-3-35-5-7-37-8-6-36-4-2-10(34)39-22-19(31)15(27)12(24)16(28)20(22)32;20-10-11(21)19(30)27(18(10)29)2-4-32-6-8-33-7-5-31-3-1-9(28)34-17-15(25)13(23)12(22)14(24)16(17)26;20-14-15(21)17(23)19(18(24)16(14)22)32-13(28)3-5-29-7-9-31-10-8-30-6-4-25-11(26)1-2-12(25)27;17-11-12(18)14(20)16(15(21)13(11)19)28-10(24)2-4-26-6-8-27-7-5-25-3-1-9(22)23/h1-8H2;1-8H2;1-2H,3-10H2;1-8H2,(H,22,23). The van der Waals surface area contributed by atoms with E-state index >= 15 is 0 Å². The zero-order valence-corrected chi connectivity index (χ0v) is 70.5. The van der Waals surface area contributed by atoms with Crippen molar-refractivity contribution in [1.82, 2.24) is 9.80 Å². The van der Waals surface area contributed by atoms with Gasteiger partial charge in [-0.3, -0.25) is 57.7 Å². The van der Waals surface area contributed by atoms with Crippen LogP contribution < -0.4 is 23.7 Å². The molecule has 5 aromatic rings. The summed E-state index contributed by atoms with van der Waals surface area (Å²) in [6, 6.07) is 0. The molecule has 5 aromatic carbocycles. The van der Waals surface area contributed by atoms with E-state index in [0.29, 0.717) is 0 Å². The number of carbonyl (C=O) groups excluding carboxylic acids is 9. The zero-order valence-electron chi connectivity index (χ0n) is 67.4. The molecule has 0 aromatic heterocycles. The molecule has 30 nitrogen and oxygen atoms in total. The number of carbonyl (C=O) groups is 10. The summed E-state index contributed by atoms with van der Waals surface area (Å²) in [6.45, 7) is 0.204. The summed E-state index contributed by atoms with van der Waals surface area (Å²) in [4.78, 5) is 116. The van der Waals surface area contributed by atoms with Gasteiger partial charge in [-0.05, 0) is 31.9 Å². The Bertz CT molecular complexity index is 4690. The number of carboxylic acids is 1. The van der Waals surface area contributed by atoms with Crippen LogP contribution in [0.3, 0.4) is 0 Å². The molecule has 57 heteroatoms. The molecule has 133 heavy (non-hydrogen) atoms. The van der Waals surface area contributed by atoms with Crippen LogP contribution in [0.25, 0.3) is 0 Å². The van der Waals surface area contributed by atoms with Gasteiger partial charge in [0.15, 0.2) is 0 Å². The Labute approximate surface area is 747 Å². The summed E-state index contributed by atoms with van der Waals surface area (Å²) in [5, 5.41) is 8.37. The number of hydrogen-bond donors (Lipinski definition) is 1. The molecule has 1 N–H and O–H groups in total. The highest BCUT2D eigenvalue weighted by atomic mass is 79.9. The van der Waals surface area contributed by atoms with Gasteiger partial charge in [-0.1, -0.05) is 0 Å². The van der Waals surface area contributed by atoms with E-state index in [9.17, 15) is 158 Å². The summed E-state index contributed by atoms with van der Waals surface area (Å²) in [6.07, 6.45) is -0.521. The molecule has 0 radical (unpaired) electrons. The number of imide groups is 2. The van der Waals surface area contributed by atoms with Crippen LogP contribution in [0.5, 0.6) is 28.7 Å². The highest BCUT2D eigenvalue weighted by molar-refractivity contribution is 9.14. The third-order valence-corrected chi connectivity index (χ3v) is 17.5. The van der Waals surface area contributed by atoms with Crippen LogP contribution in [0, 0.1) is 145 Å². The second kappa shape index (κ2) is 59.2. The van der Waals surface area contributed by atoms with Crippen LogP contribution in [0.2, 0.25) is 0 Å². The van der Waals surface area contributed by atoms with Gasteiger partial charge in [0, 0.05) is 12.2 Å². The first-order valence-corrected chi connectivity index (χ1v) is 38.7. The van der Waals surface area contributed by atoms with E-state index in [1.807, 2.05) is 0 Å². The van der Waals surface area contributed by atoms with Crippen molar-refractivity contribution >= 4 is 91.3 Å². The molecule has 0 bridgehead atoms. The maximum Gasteiger partial charge on any atom is 0.313 e. The molecule has 0 aliphatic carbocycles. The summed E-state index contributed by atoms with van der Waals surface area (Å²) >= 11 is 6.01. The van der Waals surface area contributed by atoms with Gasteiger partial charge in [-0.2, -0.15) is 43.9 Å². The minimum Gasteiger partial charge on any atom is -0.481 e. The van der Waals surface area contributed by atoms with E-state index in [0.717, 1.165) is 9.80 Å². The van der Waals surface area contributed by atoms with Crippen molar-refractivity contribution in [3.05, 3.63) is 167 Å². The number of rotatable bonds is 53. The molecule has 0 saturated carbocycles. The molecular formula is C76H67Br2F25N2O28. The Morgan fingerprint density at radius 1 is 0.218 bits per heavy atom. The van der Waals surface area contributed by atoms with Crippen molar-refractivity contribution in [3.8, 4) is 28.7 Å². The van der Waals surface area contributed by atoms with Crippen molar-refractivity contribution in [2.24, 2.45) is 0 Å². The highest BCUT2D eigenvalue weighted by Gasteiger charge is 2.38. The molecule has 0 unspecified atom stereocenters. The summed E-state index contributed by atoms with van der Waals surface area (Å²) in [7, 11) is 0. The van der Waals surface area contributed by atoms with E-state index in [1.165, 1.54) is 12.2 Å². The summed E-state index contributed by atoms with van der Waals surface area (Å²) < 4.78 is 412. The van der Waals surface area contributed by atoms with Crippen LogP contribution in [-0.2, 0) is 105 Å². The predicted molar refractivity (Wildman–Crippen MR) is 392 cm³/mol. The van der Waals surface area contributed by atoms with Crippen molar-refractivity contribution in [3.63, 3.8) is 0 Å². The minimum atomic E-state index is -2.41. The lowest BCUT2D eigenvalue weighted by atomic mass is 10.2. The fourth-order valence-electron chi connectivity index (χ4n) is 8.98. The number of amides is 4. The number of hydrogen-bond acceptors (Lipinski definition) is 27. The number of halogens is 27. The van der Waals surface area contributed by atoms with Crippen LogP contribution >= 0.6 is 31.9 Å². The molecule has 2 aliphatic heterocycles. The number of nitrogens with zero attached hydrogens (tertiary/aromatic N) is 2. The number of benzene rings is 5. The van der Waals surface area contributed by atoms with Crippen LogP contribution in [0.15, 0.2) is 21.1 Å². The lowest BCUT2D eigenvalue weighted by molar-refractivity contribution is -0.139. The molecule has 0 spiro atoms. The Balaban J connectivity index is 0.000000373. The highest BCUT2D eigenvalue weighted by Crippen LogP contribution is 2.36. The Kier molecular flexibility index (Phi) is 51.1. The number of esters is 5. The average Bonchev–Trinajstić information content (AvgIpc) is 1.79. The lowest BCUT2D eigenvalue weighted by Crippen LogP contribution is -2.34. The first-order valence-electron chi connectivity index (χ1n) is 37.1. The third-order valence-electron chi connectivity index (χ3n) is 15.5. The van der Waals surface area contributed by atoms with Gasteiger partial charge in [-0.25, -0.2) is 65.9 Å². The topological polar surface area (TPSA) is 354 Å². The van der Waals surface area contributed by atoms with Crippen molar-refractivity contribution < 1.29 is 243 Å². The maximum absolute atomic E-state index is 13.5. The van der Waals surface area contributed by atoms with Crippen molar-refractivity contribution in [1.29, 1.82) is 0 Å². The summed E-state index contributed by atoms with van der Waals surface area (Å²) in [5.74, 6) is -74.8. The smallest absolute Gasteiger partial charge is 0.313 e. The molecule has 0 saturated heterocycles. The molecule has 738 valence electrons. The van der Waals surface area contributed by atoms with Crippen LogP contribution in [0.1, 0.15) is 38.5 Å². The van der Waals surface area contributed by atoms with E-state index in [1.54, 1.807) is 0 Å². The fourth-order valence-corrected chi connectivity index (χ4v) is 9.75. The first kappa shape index (κ1) is 115. The minimum absolute atomic E-state index is 0.0281. The van der Waals surface area contributed by atoms with Gasteiger partial charge in [-0.15, -0.1) is 0 Å². The average molecular weight is 2090 g/mol. The molecular weight excluding hydrogens is 2020 g/mol. The third kappa shape index (κ3) is 36.3. The van der Waals surface area contributed by atoms with Gasteiger partial charge in [0.05, 0.1) is 210 Å². The predicted octanol–water partition coefficient (Wildman–Crippen LogP) is 11.4. The quantitative estimate of drug-likeness (QED) is 0.00718. The SMILES string of the molecule is O=C(CCOCCOCCOCCC(=O)Oc1c(F)c(F)c(F)c(F)c1F)Oc1c(F)c(F)c(F)c(F)c1F.O=C(CCOCCOCCOCCN1C(=O)C(Br)=C(Br)C1=O)Oc1c(F)c(F)c(F)c(F)c1F.O=C(CCOCCOCCOCCN1C(=O)C=CC1=O)Oc1c(F)c(F)c(F)c(F)c1F.O=C(O)CCOCCOCCOCCC(=O)Oc1c(F)c(F)c(F)c(F)c1F. The zero-order chi connectivity index (χ0) is 99.5. The fraction of sp³-hybridized carbons (Fsp3) is 0.421. The summed E-state index contributed by atoms with van der Waals surface area (Å²) in [5.41, 5.74) is 0. The van der Waals surface area contributed by atoms with Crippen molar-refractivity contribution in [2.45, 2.75) is 38.5 Å². The second-order valence-corrected chi connectivity index (χ2v) is 26.2. The molecule has 0 fully saturated rings. The lowest BCUT2D eigenvalue weighted by Gasteiger charge is -2.14. The molecule has 2 aliphatic rings. The number of aliphatic carboxylic acids is 1. The van der Waals surface area contributed by atoms with Crippen molar-refractivity contribution in [2.75, 3.05) is 172 Å². The Morgan fingerprint density at radius 3 is 0.534 bits per heavy atom. The van der Waals surface area contributed by atoms with E-state index in [-0.39, 0.29) is 187 Å². The van der Waals surface area contributed by atoms with Crippen LogP contribution in [-0.4, -0.2) is 246 Å². The van der Waals surface area contributed by atoms with Gasteiger partial charge in [0.1, 0.15) is 8.96 Å². The number of carboxylic acid groups (broad SMARTS) is 1. The Hall–Kier alpha value is -10.6. The first-order chi connectivity index (χ1) is 62.9. The Morgan fingerprint density at radius 2 is 0.361 bits per heavy atom. The van der Waals surface area contributed by atoms with Gasteiger partial charge in [0.25, 0.3) is 23.6 Å². The molecule has 0 atom stereocenters. The van der Waals surface area contributed by atoms with Crippen LogP contribution in [0.4, 0.5) is 110 Å². The molecule has 7 rings (SSSR count). The van der Waals surface area contributed by atoms with Gasteiger partial charge >= 0.3 is 35.8 Å². The van der Waals surface area contributed by atoms with E-state index in [4.69, 9.17) is 61.9 Å². The molecule has 4 amide bonds. The maximum atomic E-state index is 13.5. The van der Waals surface area contributed by atoms with Gasteiger partial charge in [0.2, 0.25) is 174 Å². The van der Waals surface area contributed by atoms with E-state index in [2.05, 4.69) is 55.5 Å². The monoisotopic (exact) mass is 2090 g/mol. The normalized spacial score (nSPS) is 12.3. The largest absolute Gasteiger partial charge is 0.481 e. The van der Waals surface area contributed by atoms with E-state index < -0.39 is 266 Å².